The van der Waals surface area contributed by atoms with E-state index in [1.165, 1.54) is 10.4 Å². The van der Waals surface area contributed by atoms with Crippen LogP contribution in [0.15, 0.2) is 35.2 Å². The SMILES string of the molecule is O=[N+]([O-])c1ccc2c(c1N1CCN(S(=O)(=O)c3ccc(F)c(F)c3)CC1)CCN2. The molecule has 0 amide bonds. The van der Waals surface area contributed by atoms with Gasteiger partial charge in [0, 0.05) is 50.0 Å². The van der Waals surface area contributed by atoms with Crippen molar-refractivity contribution in [1.29, 1.82) is 0 Å². The van der Waals surface area contributed by atoms with Crippen molar-refractivity contribution in [3.63, 3.8) is 0 Å². The van der Waals surface area contributed by atoms with Gasteiger partial charge in [-0.1, -0.05) is 0 Å². The van der Waals surface area contributed by atoms with Crippen LogP contribution in [0.3, 0.4) is 0 Å². The maximum absolute atomic E-state index is 13.5. The summed E-state index contributed by atoms with van der Waals surface area (Å²) in [5.41, 5.74) is 2.21. The Hall–Kier alpha value is -2.79. The van der Waals surface area contributed by atoms with Crippen molar-refractivity contribution in [2.75, 3.05) is 42.9 Å². The highest BCUT2D eigenvalue weighted by atomic mass is 32.2. The van der Waals surface area contributed by atoms with E-state index in [1.807, 2.05) is 4.90 Å². The molecule has 8 nitrogen and oxygen atoms in total. The smallest absolute Gasteiger partial charge is 0.292 e. The van der Waals surface area contributed by atoms with Gasteiger partial charge in [-0.2, -0.15) is 4.31 Å². The molecule has 0 saturated carbocycles. The number of nitrogens with zero attached hydrogens (tertiary/aromatic N) is 3. The predicted octanol–water partition coefficient (Wildman–Crippen LogP) is 2.35. The number of piperazine rings is 1. The Labute approximate surface area is 165 Å². The van der Waals surface area contributed by atoms with E-state index in [4.69, 9.17) is 0 Å². The van der Waals surface area contributed by atoms with Gasteiger partial charge in [0.05, 0.1) is 9.82 Å². The second-order valence-corrected chi connectivity index (χ2v) is 8.80. The van der Waals surface area contributed by atoms with Crippen LogP contribution in [0.2, 0.25) is 0 Å². The van der Waals surface area contributed by atoms with Gasteiger partial charge in [-0.3, -0.25) is 10.1 Å². The van der Waals surface area contributed by atoms with Crippen LogP contribution < -0.4 is 10.2 Å². The van der Waals surface area contributed by atoms with Gasteiger partial charge >= 0.3 is 0 Å². The van der Waals surface area contributed by atoms with Crippen LogP contribution in [0.1, 0.15) is 5.56 Å². The van der Waals surface area contributed by atoms with Crippen molar-refractivity contribution in [3.05, 3.63) is 57.6 Å². The summed E-state index contributed by atoms with van der Waals surface area (Å²) in [6.45, 7) is 1.35. The monoisotopic (exact) mass is 424 g/mol. The van der Waals surface area contributed by atoms with Crippen LogP contribution in [0, 0.1) is 21.7 Å². The quantitative estimate of drug-likeness (QED) is 0.598. The summed E-state index contributed by atoms with van der Waals surface area (Å²) in [6.07, 6.45) is 0.652. The molecule has 29 heavy (non-hydrogen) atoms. The molecule has 0 unspecified atom stereocenters. The number of hydrogen-bond donors (Lipinski definition) is 1. The highest BCUT2D eigenvalue weighted by Crippen LogP contribution is 2.40. The van der Waals surface area contributed by atoms with Crippen molar-refractivity contribution in [3.8, 4) is 0 Å². The molecule has 2 aliphatic rings. The van der Waals surface area contributed by atoms with Crippen LogP contribution >= 0.6 is 0 Å². The van der Waals surface area contributed by atoms with E-state index in [9.17, 15) is 27.3 Å². The van der Waals surface area contributed by atoms with Gasteiger partial charge in [-0.15, -0.1) is 0 Å². The summed E-state index contributed by atoms with van der Waals surface area (Å²) in [6, 6.07) is 5.62. The lowest BCUT2D eigenvalue weighted by atomic mass is 10.1. The zero-order chi connectivity index (χ0) is 20.8. The van der Waals surface area contributed by atoms with Gasteiger partial charge in [0.25, 0.3) is 5.69 Å². The van der Waals surface area contributed by atoms with Crippen molar-refractivity contribution in [2.45, 2.75) is 11.3 Å². The van der Waals surface area contributed by atoms with Gasteiger partial charge in [0.15, 0.2) is 11.6 Å². The number of nitrogens with one attached hydrogen (secondary N) is 1. The summed E-state index contributed by atoms with van der Waals surface area (Å²) in [5, 5.41) is 14.7. The summed E-state index contributed by atoms with van der Waals surface area (Å²) < 4.78 is 53.3. The lowest BCUT2D eigenvalue weighted by Gasteiger charge is -2.35. The number of anilines is 2. The molecule has 0 atom stereocenters. The largest absolute Gasteiger partial charge is 0.384 e. The van der Waals surface area contributed by atoms with E-state index in [1.54, 1.807) is 6.07 Å². The summed E-state index contributed by atoms with van der Waals surface area (Å²) in [7, 11) is -3.99. The molecule has 2 aromatic carbocycles. The molecule has 2 heterocycles. The van der Waals surface area contributed by atoms with Gasteiger partial charge in [0.2, 0.25) is 10.0 Å². The molecule has 0 spiro atoms. The fourth-order valence-corrected chi connectivity index (χ4v) is 5.24. The lowest BCUT2D eigenvalue weighted by Crippen LogP contribution is -2.49. The molecule has 0 bridgehead atoms. The zero-order valence-electron chi connectivity index (χ0n) is 15.3. The van der Waals surface area contributed by atoms with E-state index in [-0.39, 0.29) is 36.8 Å². The summed E-state index contributed by atoms with van der Waals surface area (Å²) in [4.78, 5) is 12.6. The minimum atomic E-state index is -3.99. The topological polar surface area (TPSA) is 95.8 Å². The van der Waals surface area contributed by atoms with Gasteiger partial charge in [-0.05, 0) is 30.7 Å². The first-order valence-corrected chi connectivity index (χ1v) is 10.5. The molecular formula is C18H18F2N4O4S. The number of nitro benzene ring substituents is 1. The lowest BCUT2D eigenvalue weighted by molar-refractivity contribution is -0.384. The van der Waals surface area contributed by atoms with Crippen LogP contribution in [-0.2, 0) is 16.4 Å². The van der Waals surface area contributed by atoms with Crippen LogP contribution in [0.5, 0.6) is 0 Å². The molecule has 154 valence electrons. The second kappa shape index (κ2) is 7.23. The first-order valence-electron chi connectivity index (χ1n) is 9.03. The summed E-state index contributed by atoms with van der Waals surface area (Å²) in [5.74, 6) is -2.35. The van der Waals surface area contributed by atoms with Gasteiger partial charge < -0.3 is 10.2 Å². The third kappa shape index (κ3) is 3.40. The normalized spacial score (nSPS) is 17.1. The Morgan fingerprint density at radius 1 is 1.03 bits per heavy atom. The third-order valence-electron chi connectivity index (χ3n) is 5.23. The Morgan fingerprint density at radius 3 is 2.41 bits per heavy atom. The molecule has 0 aliphatic carbocycles. The molecule has 0 aromatic heterocycles. The fraction of sp³-hybridized carbons (Fsp3) is 0.333. The molecule has 0 radical (unpaired) electrons. The Kier molecular flexibility index (Phi) is 4.87. The van der Waals surface area contributed by atoms with Crippen molar-refractivity contribution in [2.24, 2.45) is 0 Å². The molecule has 1 N–H and O–H groups in total. The average molecular weight is 424 g/mol. The number of hydrogen-bond acceptors (Lipinski definition) is 6. The van der Waals surface area contributed by atoms with Gasteiger partial charge in [0.1, 0.15) is 5.69 Å². The Bertz CT molecular complexity index is 1090. The maximum Gasteiger partial charge on any atom is 0.292 e. The number of rotatable bonds is 4. The minimum Gasteiger partial charge on any atom is -0.384 e. The third-order valence-corrected chi connectivity index (χ3v) is 7.13. The van der Waals surface area contributed by atoms with Crippen molar-refractivity contribution >= 4 is 27.1 Å². The van der Waals surface area contributed by atoms with E-state index >= 15 is 0 Å². The highest BCUT2D eigenvalue weighted by Gasteiger charge is 2.33. The molecule has 1 fully saturated rings. The summed E-state index contributed by atoms with van der Waals surface area (Å²) >= 11 is 0. The molecule has 2 aromatic rings. The van der Waals surface area contributed by atoms with Gasteiger partial charge in [-0.25, -0.2) is 17.2 Å². The number of halogens is 2. The first-order chi connectivity index (χ1) is 13.8. The van der Waals surface area contributed by atoms with E-state index in [0.29, 0.717) is 24.7 Å². The maximum atomic E-state index is 13.5. The van der Waals surface area contributed by atoms with E-state index in [0.717, 1.165) is 23.4 Å². The first kappa shape index (κ1) is 19.5. The van der Waals surface area contributed by atoms with Crippen LogP contribution in [0.25, 0.3) is 0 Å². The Balaban J connectivity index is 1.58. The van der Waals surface area contributed by atoms with E-state index < -0.39 is 26.6 Å². The fourth-order valence-electron chi connectivity index (χ4n) is 3.80. The molecular weight excluding hydrogens is 406 g/mol. The number of benzene rings is 2. The Morgan fingerprint density at radius 2 is 1.76 bits per heavy atom. The predicted molar refractivity (Wildman–Crippen MR) is 103 cm³/mol. The second-order valence-electron chi connectivity index (χ2n) is 6.86. The van der Waals surface area contributed by atoms with Crippen molar-refractivity contribution < 1.29 is 22.1 Å². The zero-order valence-corrected chi connectivity index (χ0v) is 16.1. The van der Waals surface area contributed by atoms with Crippen LogP contribution in [0.4, 0.5) is 25.8 Å². The highest BCUT2D eigenvalue weighted by molar-refractivity contribution is 7.89. The molecule has 2 aliphatic heterocycles. The molecule has 4 rings (SSSR count). The average Bonchev–Trinajstić information content (AvgIpc) is 3.18. The van der Waals surface area contributed by atoms with Crippen LogP contribution in [-0.4, -0.2) is 50.4 Å². The number of sulfonamides is 1. The van der Waals surface area contributed by atoms with E-state index in [2.05, 4.69) is 5.32 Å². The number of fused-ring (bicyclic) bond motifs is 1. The standard InChI is InChI=1S/C18H18F2N4O4S/c19-14-2-1-12(11-15(14)20)29(27,28)23-9-7-22(8-10-23)18-13-5-6-21-16(13)3-4-17(18)24(25)26/h1-4,11,21H,5-10H2. The number of nitro groups is 1. The minimum absolute atomic E-state index is 0.00985. The molecule has 1 saturated heterocycles. The van der Waals surface area contributed by atoms with Crippen molar-refractivity contribution in [1.82, 2.24) is 4.31 Å². The molecule has 11 heteroatoms.